The molecule has 2 aromatic carbocycles. The Morgan fingerprint density at radius 1 is 0.970 bits per heavy atom. The Bertz CT molecular complexity index is 1000. The third kappa shape index (κ3) is 6.53. The summed E-state index contributed by atoms with van der Waals surface area (Å²) >= 11 is 0. The summed E-state index contributed by atoms with van der Waals surface area (Å²) < 4.78 is 11.8. The lowest BCUT2D eigenvalue weighted by molar-refractivity contribution is -0.0299. The standard InChI is InChI=1S/C27H33N3O3/c1-2-3-9-25-24(18-26(30-29-25)33-20-27(31)14-16-28-17-15-27)22-10-12-23(13-11-22)32-19-21-7-5-4-6-8-21/h4-8,10-13,18,28,31H,2-3,9,14-17,19-20H2,1H3. The fourth-order valence-electron chi connectivity index (χ4n) is 3.96. The molecule has 1 saturated heterocycles. The number of nitrogens with one attached hydrogen (secondary N) is 1. The zero-order valence-electron chi connectivity index (χ0n) is 19.3. The van der Waals surface area contributed by atoms with E-state index in [9.17, 15) is 5.11 Å². The van der Waals surface area contributed by atoms with Crippen molar-refractivity contribution < 1.29 is 14.6 Å². The van der Waals surface area contributed by atoms with E-state index >= 15 is 0 Å². The second-order valence-corrected chi connectivity index (χ2v) is 8.71. The van der Waals surface area contributed by atoms with E-state index in [1.165, 1.54) is 0 Å². The van der Waals surface area contributed by atoms with Gasteiger partial charge in [0, 0.05) is 11.6 Å². The summed E-state index contributed by atoms with van der Waals surface area (Å²) in [5, 5.41) is 22.8. The van der Waals surface area contributed by atoms with Gasteiger partial charge in [-0.3, -0.25) is 0 Å². The lowest BCUT2D eigenvalue weighted by Crippen LogP contribution is -2.46. The van der Waals surface area contributed by atoms with Gasteiger partial charge in [0.25, 0.3) is 0 Å². The number of nitrogens with zero attached hydrogens (tertiary/aromatic N) is 2. The minimum absolute atomic E-state index is 0.226. The van der Waals surface area contributed by atoms with Crippen LogP contribution >= 0.6 is 0 Å². The molecule has 33 heavy (non-hydrogen) atoms. The molecule has 0 saturated carbocycles. The molecule has 1 aliphatic rings. The van der Waals surface area contributed by atoms with Gasteiger partial charge in [0.15, 0.2) is 0 Å². The van der Waals surface area contributed by atoms with Crippen molar-refractivity contribution in [3.8, 4) is 22.8 Å². The van der Waals surface area contributed by atoms with E-state index in [0.717, 1.165) is 60.5 Å². The summed E-state index contributed by atoms with van der Waals surface area (Å²) in [5.41, 5.74) is 3.35. The Balaban J connectivity index is 1.48. The number of piperidine rings is 1. The SMILES string of the molecule is CCCCc1nnc(OCC2(O)CCNCC2)cc1-c1ccc(OCc2ccccc2)cc1. The van der Waals surface area contributed by atoms with Crippen molar-refractivity contribution in [3.63, 3.8) is 0 Å². The molecule has 0 atom stereocenters. The van der Waals surface area contributed by atoms with Crippen LogP contribution in [0.2, 0.25) is 0 Å². The van der Waals surface area contributed by atoms with Crippen LogP contribution in [-0.2, 0) is 13.0 Å². The molecule has 0 aliphatic carbocycles. The zero-order valence-corrected chi connectivity index (χ0v) is 19.3. The highest BCUT2D eigenvalue weighted by Crippen LogP contribution is 2.29. The molecule has 2 N–H and O–H groups in total. The van der Waals surface area contributed by atoms with E-state index in [1.807, 2.05) is 36.4 Å². The van der Waals surface area contributed by atoms with Gasteiger partial charge in [0.1, 0.15) is 24.6 Å². The maximum Gasteiger partial charge on any atom is 0.234 e. The Hall–Kier alpha value is -2.96. The average Bonchev–Trinajstić information content (AvgIpc) is 2.87. The molecule has 4 rings (SSSR count). The third-order valence-electron chi connectivity index (χ3n) is 6.05. The highest BCUT2D eigenvalue weighted by molar-refractivity contribution is 5.67. The van der Waals surface area contributed by atoms with E-state index < -0.39 is 5.60 Å². The molecule has 1 fully saturated rings. The number of aryl methyl sites for hydroxylation is 1. The Morgan fingerprint density at radius 3 is 2.45 bits per heavy atom. The maximum absolute atomic E-state index is 10.7. The van der Waals surface area contributed by atoms with Crippen LogP contribution < -0.4 is 14.8 Å². The summed E-state index contributed by atoms with van der Waals surface area (Å²) in [5.74, 6) is 1.27. The molecule has 2 heterocycles. The first kappa shape index (κ1) is 23.2. The van der Waals surface area contributed by atoms with Crippen molar-refractivity contribution in [3.05, 3.63) is 71.9 Å². The molecule has 6 heteroatoms. The molecule has 1 aromatic heterocycles. The maximum atomic E-state index is 10.7. The van der Waals surface area contributed by atoms with Gasteiger partial charge in [-0.25, -0.2) is 0 Å². The summed E-state index contributed by atoms with van der Waals surface area (Å²) in [7, 11) is 0. The van der Waals surface area contributed by atoms with Crippen LogP contribution in [0.1, 0.15) is 43.9 Å². The first-order chi connectivity index (χ1) is 16.1. The fraction of sp³-hybridized carbons (Fsp3) is 0.407. The smallest absolute Gasteiger partial charge is 0.234 e. The number of benzene rings is 2. The summed E-state index contributed by atoms with van der Waals surface area (Å²) in [6.45, 7) is 4.53. The number of hydrogen-bond acceptors (Lipinski definition) is 6. The van der Waals surface area contributed by atoms with Gasteiger partial charge in [-0.05, 0) is 62.0 Å². The molecular weight excluding hydrogens is 414 g/mol. The largest absolute Gasteiger partial charge is 0.489 e. The topological polar surface area (TPSA) is 76.5 Å². The zero-order chi connectivity index (χ0) is 22.9. The molecule has 0 amide bonds. The number of aromatic nitrogens is 2. The quantitative estimate of drug-likeness (QED) is 0.475. The predicted molar refractivity (Wildman–Crippen MR) is 129 cm³/mol. The van der Waals surface area contributed by atoms with E-state index in [4.69, 9.17) is 9.47 Å². The van der Waals surface area contributed by atoms with Crippen LogP contribution in [0.3, 0.4) is 0 Å². The second-order valence-electron chi connectivity index (χ2n) is 8.71. The number of ether oxygens (including phenoxy) is 2. The molecule has 0 radical (unpaired) electrons. The van der Waals surface area contributed by atoms with E-state index in [2.05, 4.69) is 46.7 Å². The Kier molecular flexibility index (Phi) is 7.92. The molecule has 174 valence electrons. The summed E-state index contributed by atoms with van der Waals surface area (Å²) in [4.78, 5) is 0. The van der Waals surface area contributed by atoms with E-state index in [1.54, 1.807) is 0 Å². The van der Waals surface area contributed by atoms with Gasteiger partial charge < -0.3 is 19.9 Å². The molecule has 0 spiro atoms. The van der Waals surface area contributed by atoms with Gasteiger partial charge in [-0.2, -0.15) is 5.10 Å². The van der Waals surface area contributed by atoms with Crippen molar-refractivity contribution in [1.29, 1.82) is 0 Å². The lowest BCUT2D eigenvalue weighted by Gasteiger charge is -2.31. The van der Waals surface area contributed by atoms with Gasteiger partial charge in [0.2, 0.25) is 5.88 Å². The van der Waals surface area contributed by atoms with Crippen molar-refractivity contribution in [2.75, 3.05) is 19.7 Å². The summed E-state index contributed by atoms with van der Waals surface area (Å²) in [6.07, 6.45) is 4.35. The van der Waals surface area contributed by atoms with Crippen LogP contribution in [0.15, 0.2) is 60.7 Å². The van der Waals surface area contributed by atoms with Crippen molar-refractivity contribution in [2.45, 2.75) is 51.2 Å². The monoisotopic (exact) mass is 447 g/mol. The number of aliphatic hydroxyl groups is 1. The van der Waals surface area contributed by atoms with E-state index in [0.29, 0.717) is 25.3 Å². The highest BCUT2D eigenvalue weighted by atomic mass is 16.5. The molecule has 1 aliphatic heterocycles. The van der Waals surface area contributed by atoms with Crippen molar-refractivity contribution >= 4 is 0 Å². The minimum Gasteiger partial charge on any atom is -0.489 e. The number of rotatable bonds is 10. The Labute approximate surface area is 196 Å². The first-order valence-corrected chi connectivity index (χ1v) is 11.8. The average molecular weight is 448 g/mol. The van der Waals surface area contributed by atoms with Crippen LogP contribution in [-0.4, -0.2) is 40.6 Å². The normalized spacial score (nSPS) is 15.2. The van der Waals surface area contributed by atoms with E-state index in [-0.39, 0.29) is 6.61 Å². The molecular formula is C27H33N3O3. The van der Waals surface area contributed by atoms with Crippen molar-refractivity contribution in [1.82, 2.24) is 15.5 Å². The third-order valence-corrected chi connectivity index (χ3v) is 6.05. The van der Waals surface area contributed by atoms with Gasteiger partial charge in [0.05, 0.1) is 5.69 Å². The van der Waals surface area contributed by atoms with Gasteiger partial charge in [-0.1, -0.05) is 55.8 Å². The molecule has 6 nitrogen and oxygen atoms in total. The van der Waals surface area contributed by atoms with Crippen LogP contribution in [0.25, 0.3) is 11.1 Å². The number of unbranched alkanes of at least 4 members (excludes halogenated alkanes) is 1. The molecule has 0 bridgehead atoms. The van der Waals surface area contributed by atoms with Crippen LogP contribution in [0.5, 0.6) is 11.6 Å². The minimum atomic E-state index is -0.814. The van der Waals surface area contributed by atoms with Crippen molar-refractivity contribution in [2.24, 2.45) is 0 Å². The lowest BCUT2D eigenvalue weighted by atomic mass is 9.94. The predicted octanol–water partition coefficient (Wildman–Crippen LogP) is 4.56. The fourth-order valence-corrected chi connectivity index (χ4v) is 3.96. The first-order valence-electron chi connectivity index (χ1n) is 11.8. The highest BCUT2D eigenvalue weighted by Gasteiger charge is 2.30. The second kappa shape index (κ2) is 11.3. The van der Waals surface area contributed by atoms with Crippen LogP contribution in [0, 0.1) is 0 Å². The summed E-state index contributed by atoms with van der Waals surface area (Å²) in [6, 6.07) is 20.2. The Morgan fingerprint density at radius 2 is 1.73 bits per heavy atom. The number of hydrogen-bond donors (Lipinski definition) is 2. The van der Waals surface area contributed by atoms with Crippen LogP contribution in [0.4, 0.5) is 0 Å². The molecule has 3 aromatic rings. The van der Waals surface area contributed by atoms with Gasteiger partial charge in [-0.15, -0.1) is 5.10 Å². The van der Waals surface area contributed by atoms with Gasteiger partial charge >= 0.3 is 0 Å². The molecule has 0 unspecified atom stereocenters.